The molecule has 0 aliphatic rings. The van der Waals surface area contributed by atoms with Crippen LogP contribution in [0.5, 0.6) is 0 Å². The maximum Gasteiger partial charge on any atom is 0.168 e. The normalized spacial score (nSPS) is 11.2. The minimum Gasteiger partial charge on any atom is -0.296 e. The fourth-order valence-corrected chi connectivity index (χ4v) is 0.847. The Hall–Kier alpha value is -1.25. The van der Waals surface area contributed by atoms with Gasteiger partial charge in [0.05, 0.1) is 0 Å². The summed E-state index contributed by atoms with van der Waals surface area (Å²) in [6.07, 6.45) is 2.15. The molecule has 0 atom stereocenters. The van der Waals surface area contributed by atoms with Gasteiger partial charge >= 0.3 is 0 Å². The zero-order chi connectivity index (χ0) is 9.19. The molecule has 0 saturated carbocycles. The number of aromatic nitrogens is 2. The molecule has 12 heavy (non-hydrogen) atoms. The van der Waals surface area contributed by atoms with E-state index in [9.17, 15) is 4.79 Å². The van der Waals surface area contributed by atoms with E-state index in [0.29, 0.717) is 5.69 Å². The van der Waals surface area contributed by atoms with Crippen LogP contribution in [-0.4, -0.2) is 16.3 Å². The molecular formula is C9H12N2O. The standard InChI is InChI=1S/C9H12N2O/c1-9(2,3)8-4-7(5-12)10-6-11-8/h4-6H,1-3H3. The van der Waals surface area contributed by atoms with Crippen LogP contribution in [0.15, 0.2) is 12.4 Å². The Morgan fingerprint density at radius 3 is 2.50 bits per heavy atom. The fraction of sp³-hybridized carbons (Fsp3) is 0.444. The first kappa shape index (κ1) is 8.84. The predicted octanol–water partition coefficient (Wildman–Crippen LogP) is 1.59. The Bertz CT molecular complexity index is 289. The van der Waals surface area contributed by atoms with Gasteiger partial charge in [-0.3, -0.25) is 4.79 Å². The maximum atomic E-state index is 10.4. The van der Waals surface area contributed by atoms with E-state index in [0.717, 1.165) is 12.0 Å². The molecule has 64 valence electrons. The van der Waals surface area contributed by atoms with Crippen LogP contribution in [0.1, 0.15) is 37.0 Å². The van der Waals surface area contributed by atoms with Crippen molar-refractivity contribution in [3.63, 3.8) is 0 Å². The number of aldehydes is 1. The van der Waals surface area contributed by atoms with Crippen molar-refractivity contribution in [1.82, 2.24) is 9.97 Å². The summed E-state index contributed by atoms with van der Waals surface area (Å²) < 4.78 is 0. The van der Waals surface area contributed by atoms with Gasteiger partial charge in [-0.1, -0.05) is 20.8 Å². The summed E-state index contributed by atoms with van der Waals surface area (Å²) in [6, 6.07) is 1.72. The van der Waals surface area contributed by atoms with Crippen molar-refractivity contribution in [3.8, 4) is 0 Å². The number of hydrogen-bond donors (Lipinski definition) is 0. The van der Waals surface area contributed by atoms with Gasteiger partial charge in [0.1, 0.15) is 12.0 Å². The molecule has 1 aromatic rings. The number of hydrogen-bond acceptors (Lipinski definition) is 3. The highest BCUT2D eigenvalue weighted by molar-refractivity contribution is 5.71. The lowest BCUT2D eigenvalue weighted by molar-refractivity contribution is 0.111. The van der Waals surface area contributed by atoms with E-state index in [-0.39, 0.29) is 5.41 Å². The van der Waals surface area contributed by atoms with Crippen molar-refractivity contribution in [3.05, 3.63) is 23.8 Å². The van der Waals surface area contributed by atoms with Gasteiger partial charge in [0.15, 0.2) is 6.29 Å². The second kappa shape index (κ2) is 3.01. The van der Waals surface area contributed by atoms with E-state index < -0.39 is 0 Å². The molecule has 1 rings (SSSR count). The van der Waals surface area contributed by atoms with E-state index in [1.54, 1.807) is 6.07 Å². The van der Waals surface area contributed by atoms with Crippen molar-refractivity contribution in [2.75, 3.05) is 0 Å². The second-order valence-electron chi connectivity index (χ2n) is 3.70. The van der Waals surface area contributed by atoms with Gasteiger partial charge in [-0.25, -0.2) is 9.97 Å². The zero-order valence-corrected chi connectivity index (χ0v) is 7.53. The van der Waals surface area contributed by atoms with Crippen LogP contribution in [0.25, 0.3) is 0 Å². The predicted molar refractivity (Wildman–Crippen MR) is 46.1 cm³/mol. The molecule has 3 nitrogen and oxygen atoms in total. The lowest BCUT2D eigenvalue weighted by Crippen LogP contribution is -2.14. The first-order valence-electron chi connectivity index (χ1n) is 3.82. The van der Waals surface area contributed by atoms with Gasteiger partial charge in [0.25, 0.3) is 0 Å². The molecule has 0 fully saturated rings. The Morgan fingerprint density at radius 2 is 2.00 bits per heavy atom. The average molecular weight is 164 g/mol. The monoisotopic (exact) mass is 164 g/mol. The average Bonchev–Trinajstić information content (AvgIpc) is 2.03. The van der Waals surface area contributed by atoms with Crippen LogP contribution in [0.4, 0.5) is 0 Å². The van der Waals surface area contributed by atoms with Crippen molar-refractivity contribution in [2.45, 2.75) is 26.2 Å². The Labute approximate surface area is 71.9 Å². The first-order chi connectivity index (χ1) is 5.54. The highest BCUT2D eigenvalue weighted by atomic mass is 16.1. The molecule has 0 radical (unpaired) electrons. The molecule has 0 unspecified atom stereocenters. The summed E-state index contributed by atoms with van der Waals surface area (Å²) >= 11 is 0. The van der Waals surface area contributed by atoms with Crippen molar-refractivity contribution < 1.29 is 4.79 Å². The van der Waals surface area contributed by atoms with Crippen LogP contribution in [0, 0.1) is 0 Å². The zero-order valence-electron chi connectivity index (χ0n) is 7.53. The highest BCUT2D eigenvalue weighted by Gasteiger charge is 2.15. The molecule has 0 saturated heterocycles. The quantitative estimate of drug-likeness (QED) is 0.592. The number of carbonyl (C=O) groups excluding carboxylic acids is 1. The van der Waals surface area contributed by atoms with E-state index in [2.05, 4.69) is 9.97 Å². The summed E-state index contributed by atoms with van der Waals surface area (Å²) in [7, 11) is 0. The summed E-state index contributed by atoms with van der Waals surface area (Å²) in [5.41, 5.74) is 1.30. The minimum atomic E-state index is -0.0271. The lowest BCUT2D eigenvalue weighted by Gasteiger charge is -2.16. The fourth-order valence-electron chi connectivity index (χ4n) is 0.847. The topological polar surface area (TPSA) is 42.9 Å². The molecule has 0 amide bonds. The molecule has 1 aromatic heterocycles. The van der Waals surface area contributed by atoms with Crippen LogP contribution in [0.2, 0.25) is 0 Å². The van der Waals surface area contributed by atoms with Crippen LogP contribution in [-0.2, 0) is 5.41 Å². The van der Waals surface area contributed by atoms with E-state index in [1.165, 1.54) is 6.33 Å². The number of carbonyl (C=O) groups is 1. The van der Waals surface area contributed by atoms with Crippen LogP contribution in [0.3, 0.4) is 0 Å². The van der Waals surface area contributed by atoms with Gasteiger partial charge in [-0.15, -0.1) is 0 Å². The third-order valence-corrected chi connectivity index (χ3v) is 1.58. The molecule has 1 heterocycles. The van der Waals surface area contributed by atoms with Gasteiger partial charge in [0, 0.05) is 11.1 Å². The third kappa shape index (κ3) is 1.87. The molecule has 0 aromatic carbocycles. The Balaban J connectivity index is 3.10. The van der Waals surface area contributed by atoms with Crippen molar-refractivity contribution >= 4 is 6.29 Å². The summed E-state index contributed by atoms with van der Waals surface area (Å²) in [4.78, 5) is 18.3. The largest absolute Gasteiger partial charge is 0.296 e. The van der Waals surface area contributed by atoms with Gasteiger partial charge in [-0.05, 0) is 6.07 Å². The third-order valence-electron chi connectivity index (χ3n) is 1.58. The molecule has 0 aliphatic carbocycles. The van der Waals surface area contributed by atoms with E-state index in [4.69, 9.17) is 0 Å². The SMILES string of the molecule is CC(C)(C)c1cc(C=O)ncn1. The van der Waals surface area contributed by atoms with E-state index >= 15 is 0 Å². The van der Waals surface area contributed by atoms with Crippen LogP contribution < -0.4 is 0 Å². The minimum absolute atomic E-state index is 0.0271. The highest BCUT2D eigenvalue weighted by Crippen LogP contribution is 2.18. The molecule has 0 bridgehead atoms. The summed E-state index contributed by atoms with van der Waals surface area (Å²) in [6.45, 7) is 6.14. The van der Waals surface area contributed by atoms with Gasteiger partial charge in [-0.2, -0.15) is 0 Å². The second-order valence-corrected chi connectivity index (χ2v) is 3.70. The van der Waals surface area contributed by atoms with E-state index in [1.807, 2.05) is 20.8 Å². The molecule has 0 spiro atoms. The number of nitrogens with zero attached hydrogens (tertiary/aromatic N) is 2. The first-order valence-corrected chi connectivity index (χ1v) is 3.82. The molecule has 0 N–H and O–H groups in total. The molecule has 3 heteroatoms. The Kier molecular flexibility index (Phi) is 2.22. The van der Waals surface area contributed by atoms with Gasteiger partial charge in [0.2, 0.25) is 0 Å². The van der Waals surface area contributed by atoms with Crippen LogP contribution >= 0.6 is 0 Å². The lowest BCUT2D eigenvalue weighted by atomic mass is 9.92. The molecule has 0 aliphatic heterocycles. The van der Waals surface area contributed by atoms with Gasteiger partial charge < -0.3 is 0 Å². The Morgan fingerprint density at radius 1 is 1.33 bits per heavy atom. The smallest absolute Gasteiger partial charge is 0.168 e. The molecular weight excluding hydrogens is 152 g/mol. The van der Waals surface area contributed by atoms with Crippen molar-refractivity contribution in [2.24, 2.45) is 0 Å². The summed E-state index contributed by atoms with van der Waals surface area (Å²) in [5.74, 6) is 0. The van der Waals surface area contributed by atoms with Crippen molar-refractivity contribution in [1.29, 1.82) is 0 Å². The number of rotatable bonds is 1. The maximum absolute atomic E-state index is 10.4. The summed E-state index contributed by atoms with van der Waals surface area (Å²) in [5, 5.41) is 0.